The SMILES string of the molecule is Cc1ccc(C(=O)NCc2csc(Br)c2)cc1. The van der Waals surface area contributed by atoms with Gasteiger partial charge in [-0.15, -0.1) is 11.3 Å². The first-order valence-electron chi connectivity index (χ1n) is 5.23. The summed E-state index contributed by atoms with van der Waals surface area (Å²) in [4.78, 5) is 11.8. The minimum atomic E-state index is -0.0349. The van der Waals surface area contributed by atoms with E-state index in [0.29, 0.717) is 12.1 Å². The fourth-order valence-electron chi connectivity index (χ4n) is 1.43. The summed E-state index contributed by atoms with van der Waals surface area (Å²) in [6.45, 7) is 2.57. The van der Waals surface area contributed by atoms with Gasteiger partial charge in [-0.25, -0.2) is 0 Å². The van der Waals surface area contributed by atoms with Crippen molar-refractivity contribution >= 4 is 33.2 Å². The number of hydrogen-bond donors (Lipinski definition) is 1. The van der Waals surface area contributed by atoms with Gasteiger partial charge in [0.15, 0.2) is 0 Å². The largest absolute Gasteiger partial charge is 0.348 e. The van der Waals surface area contributed by atoms with Gasteiger partial charge >= 0.3 is 0 Å². The summed E-state index contributed by atoms with van der Waals surface area (Å²) < 4.78 is 1.08. The van der Waals surface area contributed by atoms with Crippen molar-refractivity contribution < 1.29 is 4.79 Å². The average Bonchev–Trinajstić information content (AvgIpc) is 2.73. The van der Waals surface area contributed by atoms with Crippen molar-refractivity contribution in [1.29, 1.82) is 0 Å². The zero-order chi connectivity index (χ0) is 12.3. The Bertz CT molecular complexity index is 518. The topological polar surface area (TPSA) is 29.1 Å². The van der Waals surface area contributed by atoms with E-state index in [2.05, 4.69) is 21.2 Å². The van der Waals surface area contributed by atoms with E-state index < -0.39 is 0 Å². The van der Waals surface area contributed by atoms with Gasteiger partial charge in [-0.3, -0.25) is 4.79 Å². The molecule has 1 aromatic carbocycles. The second-order valence-electron chi connectivity index (χ2n) is 3.81. The first-order valence-corrected chi connectivity index (χ1v) is 6.90. The summed E-state index contributed by atoms with van der Waals surface area (Å²) in [5.41, 5.74) is 2.97. The van der Waals surface area contributed by atoms with Gasteiger partial charge in [0.1, 0.15) is 0 Å². The van der Waals surface area contributed by atoms with Crippen molar-refractivity contribution in [3.8, 4) is 0 Å². The van der Waals surface area contributed by atoms with Gasteiger partial charge in [-0.1, -0.05) is 17.7 Å². The molecule has 0 aliphatic rings. The van der Waals surface area contributed by atoms with Crippen LogP contribution in [-0.4, -0.2) is 5.91 Å². The molecule has 1 aromatic heterocycles. The molecule has 17 heavy (non-hydrogen) atoms. The number of nitrogens with one attached hydrogen (secondary N) is 1. The van der Waals surface area contributed by atoms with E-state index >= 15 is 0 Å². The lowest BCUT2D eigenvalue weighted by Gasteiger charge is -2.04. The minimum absolute atomic E-state index is 0.0349. The smallest absolute Gasteiger partial charge is 0.251 e. The zero-order valence-corrected chi connectivity index (χ0v) is 11.8. The molecule has 0 aliphatic heterocycles. The van der Waals surface area contributed by atoms with Crippen LogP contribution in [0.1, 0.15) is 21.5 Å². The summed E-state index contributed by atoms with van der Waals surface area (Å²) in [7, 11) is 0. The van der Waals surface area contributed by atoms with Gasteiger partial charge in [0.2, 0.25) is 0 Å². The number of carbonyl (C=O) groups is 1. The van der Waals surface area contributed by atoms with Gasteiger partial charge in [-0.05, 0) is 52.0 Å². The van der Waals surface area contributed by atoms with Gasteiger partial charge in [0, 0.05) is 12.1 Å². The van der Waals surface area contributed by atoms with Gasteiger partial charge in [-0.2, -0.15) is 0 Å². The predicted octanol–water partition coefficient (Wildman–Crippen LogP) is 3.75. The monoisotopic (exact) mass is 309 g/mol. The maximum Gasteiger partial charge on any atom is 0.251 e. The highest BCUT2D eigenvalue weighted by atomic mass is 79.9. The lowest BCUT2D eigenvalue weighted by atomic mass is 10.1. The van der Waals surface area contributed by atoms with E-state index in [1.54, 1.807) is 11.3 Å². The van der Waals surface area contributed by atoms with Crippen molar-refractivity contribution in [2.45, 2.75) is 13.5 Å². The molecular formula is C13H12BrNOS. The van der Waals surface area contributed by atoms with E-state index in [4.69, 9.17) is 0 Å². The second-order valence-corrected chi connectivity index (χ2v) is 6.10. The average molecular weight is 310 g/mol. The number of benzene rings is 1. The van der Waals surface area contributed by atoms with E-state index in [-0.39, 0.29) is 5.91 Å². The molecule has 2 nitrogen and oxygen atoms in total. The molecule has 1 heterocycles. The van der Waals surface area contributed by atoms with E-state index in [0.717, 1.165) is 14.9 Å². The molecule has 1 N–H and O–H groups in total. The summed E-state index contributed by atoms with van der Waals surface area (Å²) >= 11 is 5.02. The number of rotatable bonds is 3. The Morgan fingerprint density at radius 3 is 2.65 bits per heavy atom. The van der Waals surface area contributed by atoms with Crippen molar-refractivity contribution in [2.75, 3.05) is 0 Å². The van der Waals surface area contributed by atoms with Crippen LogP contribution in [0.5, 0.6) is 0 Å². The Balaban J connectivity index is 1.95. The van der Waals surface area contributed by atoms with Crippen molar-refractivity contribution in [1.82, 2.24) is 5.32 Å². The molecule has 2 rings (SSSR count). The van der Waals surface area contributed by atoms with Crippen LogP contribution < -0.4 is 5.32 Å². The molecule has 0 bridgehead atoms. The molecule has 0 saturated carbocycles. The standard InChI is InChI=1S/C13H12BrNOS/c1-9-2-4-11(5-3-9)13(16)15-7-10-6-12(14)17-8-10/h2-6,8H,7H2,1H3,(H,15,16). The molecule has 1 amide bonds. The van der Waals surface area contributed by atoms with E-state index in [1.165, 1.54) is 0 Å². The first-order chi connectivity index (χ1) is 8.15. The highest BCUT2D eigenvalue weighted by Crippen LogP contribution is 2.20. The quantitative estimate of drug-likeness (QED) is 0.919. The Morgan fingerprint density at radius 2 is 2.06 bits per heavy atom. The molecule has 2 aromatic rings. The predicted molar refractivity (Wildman–Crippen MR) is 74.4 cm³/mol. The molecule has 0 fully saturated rings. The highest BCUT2D eigenvalue weighted by Gasteiger charge is 2.05. The Labute approximate surface area is 113 Å². The first kappa shape index (κ1) is 12.3. The number of hydrogen-bond acceptors (Lipinski definition) is 2. The molecule has 0 unspecified atom stereocenters. The van der Waals surface area contributed by atoms with Crippen LogP contribution >= 0.6 is 27.3 Å². The summed E-state index contributed by atoms with van der Waals surface area (Å²) in [6.07, 6.45) is 0. The van der Waals surface area contributed by atoms with E-state index in [9.17, 15) is 4.79 Å². The van der Waals surface area contributed by atoms with Crippen LogP contribution in [-0.2, 0) is 6.54 Å². The van der Waals surface area contributed by atoms with Crippen molar-refractivity contribution in [2.24, 2.45) is 0 Å². The summed E-state index contributed by atoms with van der Waals surface area (Å²) in [5.74, 6) is -0.0349. The van der Waals surface area contributed by atoms with Crippen LogP contribution in [0.2, 0.25) is 0 Å². The number of amides is 1. The van der Waals surface area contributed by atoms with Crippen LogP contribution in [0.25, 0.3) is 0 Å². The molecule has 0 saturated heterocycles. The second kappa shape index (κ2) is 5.47. The van der Waals surface area contributed by atoms with Crippen LogP contribution in [0.3, 0.4) is 0 Å². The molecule has 0 spiro atoms. The number of halogens is 1. The molecule has 0 radical (unpaired) electrons. The molecule has 0 atom stereocenters. The molecular weight excluding hydrogens is 298 g/mol. The minimum Gasteiger partial charge on any atom is -0.348 e. The third-order valence-electron chi connectivity index (χ3n) is 2.39. The lowest BCUT2D eigenvalue weighted by Crippen LogP contribution is -2.22. The maximum absolute atomic E-state index is 11.8. The highest BCUT2D eigenvalue weighted by molar-refractivity contribution is 9.11. The van der Waals surface area contributed by atoms with Crippen molar-refractivity contribution in [3.05, 3.63) is 56.2 Å². The maximum atomic E-state index is 11.8. The Hall–Kier alpha value is -1.13. The van der Waals surface area contributed by atoms with Gasteiger partial charge in [0.25, 0.3) is 5.91 Å². The number of carbonyl (C=O) groups excluding carboxylic acids is 1. The zero-order valence-electron chi connectivity index (χ0n) is 9.37. The van der Waals surface area contributed by atoms with Crippen LogP contribution in [0.15, 0.2) is 39.5 Å². The molecule has 0 aliphatic carbocycles. The normalized spacial score (nSPS) is 10.2. The van der Waals surface area contributed by atoms with Gasteiger partial charge < -0.3 is 5.32 Å². The molecule has 88 valence electrons. The fraction of sp³-hybridized carbons (Fsp3) is 0.154. The number of aryl methyl sites for hydroxylation is 1. The third-order valence-corrected chi connectivity index (χ3v) is 3.94. The van der Waals surface area contributed by atoms with Crippen LogP contribution in [0.4, 0.5) is 0 Å². The summed E-state index contributed by atoms with van der Waals surface area (Å²) in [6, 6.07) is 9.58. The Morgan fingerprint density at radius 1 is 1.35 bits per heavy atom. The lowest BCUT2D eigenvalue weighted by molar-refractivity contribution is 0.0951. The van der Waals surface area contributed by atoms with Gasteiger partial charge in [0.05, 0.1) is 3.79 Å². The summed E-state index contributed by atoms with van der Waals surface area (Å²) in [5, 5.41) is 4.92. The van der Waals surface area contributed by atoms with Crippen LogP contribution in [0, 0.1) is 6.92 Å². The third kappa shape index (κ3) is 3.41. The fourth-order valence-corrected chi connectivity index (χ4v) is 2.64. The molecule has 4 heteroatoms. The van der Waals surface area contributed by atoms with Crippen molar-refractivity contribution in [3.63, 3.8) is 0 Å². The van der Waals surface area contributed by atoms with E-state index in [1.807, 2.05) is 42.6 Å². The Kier molecular flexibility index (Phi) is 3.97. The number of thiophene rings is 1.